The normalized spacial score (nSPS) is 18.2. The standard InChI is InChI=1S/C17H36N2/c1-5-17(6-2,14-18-7-3)15-19(8-4)16-12-10-9-11-13-16/h16,18H,5-15H2,1-4H3. The molecule has 0 radical (unpaired) electrons. The van der Waals surface area contributed by atoms with Gasteiger partial charge in [-0.15, -0.1) is 0 Å². The van der Waals surface area contributed by atoms with Crippen LogP contribution in [0.25, 0.3) is 0 Å². The summed E-state index contributed by atoms with van der Waals surface area (Å²) in [5.41, 5.74) is 0.476. The molecule has 0 aromatic heterocycles. The summed E-state index contributed by atoms with van der Waals surface area (Å²) in [4.78, 5) is 2.78. The van der Waals surface area contributed by atoms with Gasteiger partial charge in [0.15, 0.2) is 0 Å². The van der Waals surface area contributed by atoms with Crippen molar-refractivity contribution in [3.8, 4) is 0 Å². The third kappa shape index (κ3) is 5.07. The largest absolute Gasteiger partial charge is 0.316 e. The summed E-state index contributed by atoms with van der Waals surface area (Å²) in [7, 11) is 0. The second-order valence-corrected chi connectivity index (χ2v) is 6.34. The minimum Gasteiger partial charge on any atom is -0.316 e. The lowest BCUT2D eigenvalue weighted by molar-refractivity contribution is 0.0848. The highest BCUT2D eigenvalue weighted by Gasteiger charge is 2.31. The van der Waals surface area contributed by atoms with Gasteiger partial charge in [-0.2, -0.15) is 0 Å². The molecule has 1 fully saturated rings. The van der Waals surface area contributed by atoms with Gasteiger partial charge in [0, 0.05) is 19.1 Å². The van der Waals surface area contributed by atoms with E-state index in [1.165, 1.54) is 64.6 Å². The molecular formula is C17H36N2. The Kier molecular flexibility index (Phi) is 8.01. The van der Waals surface area contributed by atoms with Crippen molar-refractivity contribution in [1.82, 2.24) is 10.2 Å². The van der Waals surface area contributed by atoms with Crippen LogP contribution in [0.1, 0.15) is 72.6 Å². The first-order valence-corrected chi connectivity index (χ1v) is 8.66. The maximum atomic E-state index is 3.60. The molecule has 0 spiro atoms. The van der Waals surface area contributed by atoms with Crippen LogP contribution in [0.5, 0.6) is 0 Å². The van der Waals surface area contributed by atoms with Crippen molar-refractivity contribution >= 4 is 0 Å². The van der Waals surface area contributed by atoms with Crippen LogP contribution < -0.4 is 5.32 Å². The van der Waals surface area contributed by atoms with Crippen LogP contribution in [0.2, 0.25) is 0 Å². The molecule has 114 valence electrons. The lowest BCUT2D eigenvalue weighted by atomic mass is 9.80. The maximum Gasteiger partial charge on any atom is 0.00953 e. The van der Waals surface area contributed by atoms with Gasteiger partial charge in [-0.3, -0.25) is 0 Å². The third-order valence-corrected chi connectivity index (χ3v) is 5.29. The van der Waals surface area contributed by atoms with Crippen molar-refractivity contribution < 1.29 is 0 Å². The smallest absolute Gasteiger partial charge is 0.00953 e. The number of rotatable bonds is 9. The molecule has 0 heterocycles. The Labute approximate surface area is 121 Å². The van der Waals surface area contributed by atoms with Crippen molar-refractivity contribution in [2.45, 2.75) is 78.7 Å². The summed E-state index contributed by atoms with van der Waals surface area (Å²) in [5, 5.41) is 3.60. The van der Waals surface area contributed by atoms with Crippen molar-refractivity contribution in [3.05, 3.63) is 0 Å². The van der Waals surface area contributed by atoms with Gasteiger partial charge in [0.25, 0.3) is 0 Å². The fourth-order valence-electron chi connectivity index (χ4n) is 3.55. The Balaban J connectivity index is 2.62. The summed E-state index contributed by atoms with van der Waals surface area (Å²) in [6.07, 6.45) is 9.79. The first-order valence-electron chi connectivity index (χ1n) is 8.66. The summed E-state index contributed by atoms with van der Waals surface area (Å²) in [6.45, 7) is 14.1. The van der Waals surface area contributed by atoms with E-state index in [0.717, 1.165) is 12.6 Å². The number of nitrogens with one attached hydrogen (secondary N) is 1. The number of hydrogen-bond donors (Lipinski definition) is 1. The van der Waals surface area contributed by atoms with Crippen LogP contribution >= 0.6 is 0 Å². The average molecular weight is 268 g/mol. The van der Waals surface area contributed by atoms with Crippen LogP contribution in [0.15, 0.2) is 0 Å². The quantitative estimate of drug-likeness (QED) is 0.678. The number of hydrogen-bond acceptors (Lipinski definition) is 2. The van der Waals surface area contributed by atoms with Crippen LogP contribution in [-0.2, 0) is 0 Å². The molecule has 0 aromatic rings. The molecular weight excluding hydrogens is 232 g/mol. The van der Waals surface area contributed by atoms with E-state index in [-0.39, 0.29) is 0 Å². The van der Waals surface area contributed by atoms with Gasteiger partial charge in [-0.05, 0) is 44.2 Å². The van der Waals surface area contributed by atoms with Crippen molar-refractivity contribution in [3.63, 3.8) is 0 Å². The average Bonchev–Trinajstić information content (AvgIpc) is 2.49. The first kappa shape index (κ1) is 17.0. The molecule has 0 atom stereocenters. The molecule has 0 amide bonds. The van der Waals surface area contributed by atoms with Gasteiger partial charge in [-0.1, -0.05) is 47.0 Å². The van der Waals surface area contributed by atoms with E-state index in [2.05, 4.69) is 37.9 Å². The number of nitrogens with zero attached hydrogens (tertiary/aromatic N) is 1. The lowest BCUT2D eigenvalue weighted by Crippen LogP contribution is -2.47. The van der Waals surface area contributed by atoms with Gasteiger partial charge >= 0.3 is 0 Å². The summed E-state index contributed by atoms with van der Waals surface area (Å²) in [5.74, 6) is 0. The molecule has 1 aliphatic rings. The molecule has 2 nitrogen and oxygen atoms in total. The van der Waals surface area contributed by atoms with Gasteiger partial charge in [0.1, 0.15) is 0 Å². The Morgan fingerprint density at radius 1 is 1.00 bits per heavy atom. The maximum absolute atomic E-state index is 3.60. The fraction of sp³-hybridized carbons (Fsp3) is 1.00. The second-order valence-electron chi connectivity index (χ2n) is 6.34. The van der Waals surface area contributed by atoms with E-state index >= 15 is 0 Å². The summed E-state index contributed by atoms with van der Waals surface area (Å²) >= 11 is 0. The van der Waals surface area contributed by atoms with Crippen molar-refractivity contribution in [2.75, 3.05) is 26.2 Å². The van der Waals surface area contributed by atoms with Gasteiger partial charge in [0.2, 0.25) is 0 Å². The van der Waals surface area contributed by atoms with Gasteiger partial charge in [-0.25, -0.2) is 0 Å². The molecule has 19 heavy (non-hydrogen) atoms. The topological polar surface area (TPSA) is 15.3 Å². The molecule has 0 saturated heterocycles. The molecule has 1 aliphatic carbocycles. The summed E-state index contributed by atoms with van der Waals surface area (Å²) in [6, 6.07) is 0.859. The molecule has 1 N–H and O–H groups in total. The molecule has 0 unspecified atom stereocenters. The molecule has 0 aliphatic heterocycles. The second kappa shape index (κ2) is 8.97. The minimum absolute atomic E-state index is 0.476. The highest BCUT2D eigenvalue weighted by molar-refractivity contribution is 4.86. The van der Waals surface area contributed by atoms with E-state index in [9.17, 15) is 0 Å². The minimum atomic E-state index is 0.476. The van der Waals surface area contributed by atoms with E-state index < -0.39 is 0 Å². The van der Waals surface area contributed by atoms with E-state index in [0.29, 0.717) is 5.41 Å². The SMILES string of the molecule is CCNCC(CC)(CC)CN(CC)C1CCCCC1. The highest BCUT2D eigenvalue weighted by atomic mass is 15.2. The van der Waals surface area contributed by atoms with Crippen molar-refractivity contribution in [2.24, 2.45) is 5.41 Å². The van der Waals surface area contributed by atoms with Gasteiger partial charge < -0.3 is 10.2 Å². The molecule has 1 rings (SSSR count). The van der Waals surface area contributed by atoms with E-state index in [1.54, 1.807) is 0 Å². The Morgan fingerprint density at radius 2 is 1.63 bits per heavy atom. The molecule has 0 bridgehead atoms. The predicted molar refractivity (Wildman–Crippen MR) is 85.7 cm³/mol. The summed E-state index contributed by atoms with van der Waals surface area (Å²) < 4.78 is 0. The van der Waals surface area contributed by atoms with E-state index in [4.69, 9.17) is 0 Å². The van der Waals surface area contributed by atoms with Crippen molar-refractivity contribution in [1.29, 1.82) is 0 Å². The zero-order valence-corrected chi connectivity index (χ0v) is 13.8. The molecule has 2 heteroatoms. The van der Waals surface area contributed by atoms with Crippen LogP contribution in [0.3, 0.4) is 0 Å². The fourth-order valence-corrected chi connectivity index (χ4v) is 3.55. The Hall–Kier alpha value is -0.0800. The van der Waals surface area contributed by atoms with Crippen LogP contribution in [0, 0.1) is 5.41 Å². The Bertz CT molecular complexity index is 217. The first-order chi connectivity index (χ1) is 9.21. The molecule has 1 saturated carbocycles. The van der Waals surface area contributed by atoms with Crippen LogP contribution in [0.4, 0.5) is 0 Å². The monoisotopic (exact) mass is 268 g/mol. The van der Waals surface area contributed by atoms with Gasteiger partial charge in [0.05, 0.1) is 0 Å². The predicted octanol–water partition coefficient (Wildman–Crippen LogP) is 4.06. The highest BCUT2D eigenvalue weighted by Crippen LogP contribution is 2.30. The molecule has 0 aromatic carbocycles. The zero-order valence-electron chi connectivity index (χ0n) is 13.8. The third-order valence-electron chi connectivity index (χ3n) is 5.29. The lowest BCUT2D eigenvalue weighted by Gasteiger charge is -2.42. The Morgan fingerprint density at radius 3 is 2.11 bits per heavy atom. The zero-order chi connectivity index (χ0) is 14.1. The van der Waals surface area contributed by atoms with Crippen LogP contribution in [-0.4, -0.2) is 37.1 Å². The van der Waals surface area contributed by atoms with E-state index in [1.807, 2.05) is 0 Å².